The van der Waals surface area contributed by atoms with Crippen molar-refractivity contribution >= 4 is 11.0 Å². The minimum absolute atomic E-state index is 0.0421. The highest BCUT2D eigenvalue weighted by atomic mass is 19.3. The normalized spacial score (nSPS) is 11.1. The minimum atomic E-state index is -3.02. The summed E-state index contributed by atoms with van der Waals surface area (Å²) in [6, 6.07) is 16.2. The van der Waals surface area contributed by atoms with Crippen LogP contribution in [0, 0.1) is 11.3 Å². The van der Waals surface area contributed by atoms with Crippen molar-refractivity contribution in [2.45, 2.75) is 13.0 Å². The second kappa shape index (κ2) is 9.58. The summed E-state index contributed by atoms with van der Waals surface area (Å²) in [7, 11) is 0. The van der Waals surface area contributed by atoms with Crippen LogP contribution >= 0.6 is 0 Å². The molecule has 0 saturated carbocycles. The molecule has 0 aliphatic rings. The average Bonchev–Trinajstić information content (AvgIpc) is 2.83. The van der Waals surface area contributed by atoms with Gasteiger partial charge in [0.1, 0.15) is 16.8 Å². The van der Waals surface area contributed by atoms with Gasteiger partial charge < -0.3 is 9.47 Å². The summed E-state index contributed by atoms with van der Waals surface area (Å²) >= 11 is 0. The molecule has 7 nitrogen and oxygen atoms in total. The van der Waals surface area contributed by atoms with Crippen molar-refractivity contribution in [3.8, 4) is 34.5 Å². The lowest BCUT2D eigenvalue weighted by Crippen LogP contribution is -2.23. The zero-order valence-electron chi connectivity index (χ0n) is 17.2. The van der Waals surface area contributed by atoms with Gasteiger partial charge in [0.2, 0.25) is 5.88 Å². The van der Waals surface area contributed by atoms with Crippen molar-refractivity contribution in [2.24, 2.45) is 0 Å². The Morgan fingerprint density at radius 3 is 2.29 bits per heavy atom. The van der Waals surface area contributed by atoms with E-state index in [-0.39, 0.29) is 28.2 Å². The van der Waals surface area contributed by atoms with E-state index in [9.17, 15) is 22.4 Å². The van der Waals surface area contributed by atoms with Gasteiger partial charge in [0, 0.05) is 6.07 Å². The Kier molecular flexibility index (Phi) is 6.40. The van der Waals surface area contributed by atoms with E-state index >= 15 is 0 Å². The van der Waals surface area contributed by atoms with Crippen LogP contribution in [0.2, 0.25) is 0 Å². The number of benzene rings is 2. The highest BCUT2D eigenvalue weighted by molar-refractivity contribution is 5.91. The van der Waals surface area contributed by atoms with E-state index in [1.54, 1.807) is 0 Å². The Morgan fingerprint density at radius 1 is 0.971 bits per heavy atom. The van der Waals surface area contributed by atoms with E-state index in [1.165, 1.54) is 60.7 Å². The van der Waals surface area contributed by atoms with Crippen LogP contribution in [-0.4, -0.2) is 34.4 Å². The Balaban J connectivity index is 1.91. The fraction of sp³-hybridized carbons (Fsp3) is 0.130. The van der Waals surface area contributed by atoms with Crippen LogP contribution in [0.5, 0.6) is 11.6 Å². The summed E-state index contributed by atoms with van der Waals surface area (Å²) < 4.78 is 60.6. The van der Waals surface area contributed by atoms with Crippen LogP contribution in [0.3, 0.4) is 0 Å². The fourth-order valence-electron chi connectivity index (χ4n) is 3.20. The predicted molar refractivity (Wildman–Crippen MR) is 113 cm³/mol. The molecule has 0 aliphatic heterocycles. The molecule has 11 heteroatoms. The van der Waals surface area contributed by atoms with E-state index in [1.807, 2.05) is 6.07 Å². The van der Waals surface area contributed by atoms with Gasteiger partial charge in [-0.25, -0.2) is 13.8 Å². The molecule has 0 saturated heterocycles. The number of alkyl halides is 4. The number of fused-ring (bicyclic) bond motifs is 1. The van der Waals surface area contributed by atoms with E-state index < -0.39 is 25.2 Å². The first-order chi connectivity index (χ1) is 16.4. The topological polar surface area (TPSA) is 90.0 Å². The number of pyridine rings is 1. The van der Waals surface area contributed by atoms with Crippen molar-refractivity contribution in [3.63, 3.8) is 0 Å². The van der Waals surface area contributed by atoms with Crippen molar-refractivity contribution in [1.82, 2.24) is 14.8 Å². The number of hydrogen-bond acceptors (Lipinski definition) is 6. The smallest absolute Gasteiger partial charge is 0.387 e. The Bertz CT molecular complexity index is 1420. The lowest BCUT2D eigenvalue weighted by Gasteiger charge is -2.13. The number of rotatable bonds is 7. The van der Waals surface area contributed by atoms with Gasteiger partial charge in [-0.3, -0.25) is 4.79 Å². The molecular formula is C23H14F4N4O3. The standard InChI is InChI=1S/C23H14F4N4O3/c24-18(25)12-33-19-10-9-17-21(29-19)20(14-3-7-16(8-4-14)34-23(26)27)22(32)31(30-17)15-5-1-13(11-28)2-6-15/h1-10,18,23H,12H2. The molecule has 0 unspecified atom stereocenters. The maximum Gasteiger partial charge on any atom is 0.387 e. The molecule has 0 amide bonds. The van der Waals surface area contributed by atoms with Gasteiger partial charge in [-0.05, 0) is 48.0 Å². The fourth-order valence-corrected chi connectivity index (χ4v) is 3.20. The van der Waals surface area contributed by atoms with Crippen LogP contribution in [0.25, 0.3) is 27.8 Å². The van der Waals surface area contributed by atoms with Crippen LogP contribution in [0.4, 0.5) is 17.6 Å². The Morgan fingerprint density at radius 2 is 1.68 bits per heavy atom. The minimum Gasteiger partial charge on any atom is -0.472 e. The van der Waals surface area contributed by atoms with Crippen molar-refractivity contribution in [2.75, 3.05) is 6.61 Å². The van der Waals surface area contributed by atoms with E-state index in [4.69, 9.17) is 10.00 Å². The zero-order chi connectivity index (χ0) is 24.2. The first-order valence-corrected chi connectivity index (χ1v) is 9.76. The van der Waals surface area contributed by atoms with E-state index in [0.717, 1.165) is 4.68 Å². The number of nitriles is 1. The third kappa shape index (κ3) is 4.80. The highest BCUT2D eigenvalue weighted by Gasteiger charge is 2.18. The van der Waals surface area contributed by atoms with Gasteiger partial charge >= 0.3 is 6.61 Å². The molecule has 4 aromatic rings. The van der Waals surface area contributed by atoms with Crippen molar-refractivity contribution in [3.05, 3.63) is 76.6 Å². The SMILES string of the molecule is N#Cc1ccc(-n2nc3ccc(OCC(F)F)nc3c(-c3ccc(OC(F)F)cc3)c2=O)cc1. The molecule has 0 N–H and O–H groups in total. The predicted octanol–water partition coefficient (Wildman–Crippen LogP) is 4.56. The van der Waals surface area contributed by atoms with E-state index in [2.05, 4.69) is 14.8 Å². The maximum atomic E-state index is 13.5. The molecule has 0 radical (unpaired) electrons. The molecule has 34 heavy (non-hydrogen) atoms. The van der Waals surface area contributed by atoms with Gasteiger partial charge in [0.15, 0.2) is 6.61 Å². The van der Waals surface area contributed by atoms with Crippen LogP contribution < -0.4 is 15.0 Å². The van der Waals surface area contributed by atoms with Gasteiger partial charge in [0.05, 0.1) is 22.9 Å². The summed E-state index contributed by atoms with van der Waals surface area (Å²) in [5.74, 6) is -0.248. The van der Waals surface area contributed by atoms with Crippen LogP contribution in [0.1, 0.15) is 5.56 Å². The number of halogens is 4. The average molecular weight is 470 g/mol. The molecule has 2 heterocycles. The van der Waals surface area contributed by atoms with Crippen molar-refractivity contribution < 1.29 is 27.0 Å². The summed E-state index contributed by atoms with van der Waals surface area (Å²) in [5, 5.41) is 13.3. The first-order valence-electron chi connectivity index (χ1n) is 9.76. The lowest BCUT2D eigenvalue weighted by atomic mass is 10.1. The van der Waals surface area contributed by atoms with Crippen molar-refractivity contribution in [1.29, 1.82) is 5.26 Å². The summed E-state index contributed by atoms with van der Waals surface area (Å²) in [6.45, 7) is -3.90. The molecule has 2 aromatic carbocycles. The summed E-state index contributed by atoms with van der Waals surface area (Å²) in [6.07, 6.45) is -2.72. The van der Waals surface area contributed by atoms with Gasteiger partial charge in [-0.2, -0.15) is 23.8 Å². The number of hydrogen-bond donors (Lipinski definition) is 0. The first kappa shape index (κ1) is 22.7. The Labute approximate surface area is 189 Å². The molecule has 4 rings (SSSR count). The van der Waals surface area contributed by atoms with Gasteiger partial charge in [-0.15, -0.1) is 0 Å². The van der Waals surface area contributed by atoms with Crippen LogP contribution in [-0.2, 0) is 0 Å². The van der Waals surface area contributed by atoms with Gasteiger partial charge in [0.25, 0.3) is 12.0 Å². The molecule has 0 fully saturated rings. The second-order valence-electron chi connectivity index (χ2n) is 6.87. The third-order valence-electron chi connectivity index (χ3n) is 4.67. The second-order valence-corrected chi connectivity index (χ2v) is 6.87. The zero-order valence-corrected chi connectivity index (χ0v) is 17.2. The Hall–Kier alpha value is -4.46. The van der Waals surface area contributed by atoms with Crippen LogP contribution in [0.15, 0.2) is 65.5 Å². The molecule has 2 aromatic heterocycles. The molecule has 0 atom stereocenters. The lowest BCUT2D eigenvalue weighted by molar-refractivity contribution is -0.0498. The number of aromatic nitrogens is 3. The molecular weight excluding hydrogens is 456 g/mol. The quantitative estimate of drug-likeness (QED) is 0.368. The molecule has 0 spiro atoms. The maximum absolute atomic E-state index is 13.5. The van der Waals surface area contributed by atoms with E-state index in [0.29, 0.717) is 16.8 Å². The third-order valence-corrected chi connectivity index (χ3v) is 4.67. The molecule has 172 valence electrons. The molecule has 0 bridgehead atoms. The van der Waals surface area contributed by atoms with Gasteiger partial charge in [-0.1, -0.05) is 12.1 Å². The largest absolute Gasteiger partial charge is 0.472 e. The highest BCUT2D eigenvalue weighted by Crippen LogP contribution is 2.28. The number of nitrogens with zero attached hydrogens (tertiary/aromatic N) is 4. The summed E-state index contributed by atoms with van der Waals surface area (Å²) in [4.78, 5) is 17.7. The summed E-state index contributed by atoms with van der Waals surface area (Å²) in [5.41, 5.74) is 0.803. The molecule has 0 aliphatic carbocycles. The monoisotopic (exact) mass is 470 g/mol. The number of ether oxygens (including phenoxy) is 2.